The van der Waals surface area contributed by atoms with Crippen LogP contribution in [0.5, 0.6) is 0 Å². The zero-order chi connectivity index (χ0) is 10.2. The van der Waals surface area contributed by atoms with Crippen LogP contribution < -0.4 is 0 Å². The van der Waals surface area contributed by atoms with Gasteiger partial charge in [-0.3, -0.25) is 0 Å². The first-order valence-corrected chi connectivity index (χ1v) is 5.50. The van der Waals surface area contributed by atoms with Crippen LogP contribution in [0.15, 0.2) is 17.5 Å². The predicted octanol–water partition coefficient (Wildman–Crippen LogP) is 1.93. The number of aliphatic hydroxyl groups excluding tert-OH is 1. The van der Waals surface area contributed by atoms with Crippen LogP contribution in [-0.4, -0.2) is 23.6 Å². The van der Waals surface area contributed by atoms with Crippen molar-refractivity contribution in [3.63, 3.8) is 0 Å². The first kappa shape index (κ1) is 10.1. The summed E-state index contributed by atoms with van der Waals surface area (Å²) in [6.07, 6.45) is -0.819. The van der Waals surface area contributed by atoms with Gasteiger partial charge in [0.2, 0.25) is 0 Å². The first-order valence-electron chi connectivity index (χ1n) is 4.62. The van der Waals surface area contributed by atoms with Gasteiger partial charge in [0.25, 0.3) is 0 Å². The Kier molecular flexibility index (Phi) is 2.62. The summed E-state index contributed by atoms with van der Waals surface area (Å²) in [5.74, 6) is -0.567. The van der Waals surface area contributed by atoms with Gasteiger partial charge in [0.15, 0.2) is 5.79 Å². The van der Waals surface area contributed by atoms with E-state index in [0.29, 0.717) is 6.61 Å². The maximum atomic E-state index is 9.95. The third kappa shape index (κ3) is 1.98. The molecule has 78 valence electrons. The molecule has 0 radical (unpaired) electrons. The molecule has 0 spiro atoms. The molecule has 1 aliphatic rings. The van der Waals surface area contributed by atoms with Gasteiger partial charge in [0, 0.05) is 4.88 Å². The molecule has 1 aromatic rings. The van der Waals surface area contributed by atoms with Crippen molar-refractivity contribution in [1.82, 2.24) is 0 Å². The van der Waals surface area contributed by atoms with E-state index in [-0.39, 0.29) is 6.10 Å². The summed E-state index contributed by atoms with van der Waals surface area (Å²) < 4.78 is 11.0. The predicted molar refractivity (Wildman–Crippen MR) is 54.2 cm³/mol. The smallest absolute Gasteiger partial charge is 0.163 e. The second-order valence-electron chi connectivity index (χ2n) is 3.83. The summed E-state index contributed by atoms with van der Waals surface area (Å²) in [7, 11) is 0. The second kappa shape index (κ2) is 3.62. The molecule has 0 bridgehead atoms. The SMILES string of the molecule is CC1(C)OC[C@H](C(O)c2cccs2)O1. The van der Waals surface area contributed by atoms with Crippen LogP contribution in [0.3, 0.4) is 0 Å². The van der Waals surface area contributed by atoms with E-state index in [1.807, 2.05) is 31.4 Å². The fourth-order valence-corrected chi connectivity index (χ4v) is 2.28. The minimum Gasteiger partial charge on any atom is -0.385 e. The molecule has 2 rings (SSSR count). The molecule has 4 heteroatoms. The van der Waals surface area contributed by atoms with Crippen LogP contribution in [0.2, 0.25) is 0 Å². The average Bonchev–Trinajstić information content (AvgIpc) is 2.72. The fourth-order valence-electron chi connectivity index (χ4n) is 1.51. The standard InChI is InChI=1S/C10H14O3S/c1-10(2)12-6-7(13-10)9(11)8-4-3-5-14-8/h3-5,7,9,11H,6H2,1-2H3/t7-,9?/m1/s1. The molecule has 2 atom stereocenters. The molecule has 0 aromatic carbocycles. The van der Waals surface area contributed by atoms with E-state index in [4.69, 9.17) is 9.47 Å². The minimum absolute atomic E-state index is 0.247. The minimum atomic E-state index is -0.572. The number of hydrogen-bond donors (Lipinski definition) is 1. The average molecular weight is 214 g/mol. The molecule has 1 unspecified atom stereocenters. The Morgan fingerprint density at radius 1 is 1.64 bits per heavy atom. The van der Waals surface area contributed by atoms with Crippen LogP contribution >= 0.6 is 11.3 Å². The molecule has 1 saturated heterocycles. The Morgan fingerprint density at radius 3 is 2.93 bits per heavy atom. The number of thiophene rings is 1. The highest BCUT2D eigenvalue weighted by Crippen LogP contribution is 2.32. The van der Waals surface area contributed by atoms with Gasteiger partial charge in [0.05, 0.1) is 6.61 Å². The molecular formula is C10H14O3S. The number of aliphatic hydroxyl groups is 1. The third-order valence-electron chi connectivity index (χ3n) is 2.22. The van der Waals surface area contributed by atoms with E-state index in [2.05, 4.69) is 0 Å². The van der Waals surface area contributed by atoms with Crippen LogP contribution in [0.1, 0.15) is 24.8 Å². The molecule has 2 heterocycles. The van der Waals surface area contributed by atoms with Crippen molar-refractivity contribution in [3.8, 4) is 0 Å². The summed E-state index contributed by atoms with van der Waals surface area (Å²) in [5.41, 5.74) is 0. The number of hydrogen-bond acceptors (Lipinski definition) is 4. The molecule has 0 amide bonds. The van der Waals surface area contributed by atoms with Crippen molar-refractivity contribution in [1.29, 1.82) is 0 Å². The van der Waals surface area contributed by atoms with Crippen molar-refractivity contribution < 1.29 is 14.6 Å². The van der Waals surface area contributed by atoms with Crippen LogP contribution in [0, 0.1) is 0 Å². The van der Waals surface area contributed by atoms with E-state index < -0.39 is 11.9 Å². The van der Waals surface area contributed by atoms with Gasteiger partial charge in [-0.05, 0) is 25.3 Å². The van der Waals surface area contributed by atoms with Crippen molar-refractivity contribution >= 4 is 11.3 Å². The van der Waals surface area contributed by atoms with Gasteiger partial charge in [-0.15, -0.1) is 11.3 Å². The lowest BCUT2D eigenvalue weighted by atomic mass is 10.2. The molecule has 1 aliphatic heterocycles. The van der Waals surface area contributed by atoms with Gasteiger partial charge in [-0.1, -0.05) is 6.07 Å². The summed E-state index contributed by atoms with van der Waals surface area (Å²) in [4.78, 5) is 0.927. The Hall–Kier alpha value is -0.420. The van der Waals surface area contributed by atoms with Gasteiger partial charge in [0.1, 0.15) is 12.2 Å². The zero-order valence-electron chi connectivity index (χ0n) is 8.27. The lowest BCUT2D eigenvalue weighted by Gasteiger charge is -2.19. The molecule has 1 aromatic heterocycles. The van der Waals surface area contributed by atoms with Gasteiger partial charge >= 0.3 is 0 Å². The summed E-state index contributed by atoms with van der Waals surface area (Å²) in [5, 5.41) is 11.9. The van der Waals surface area contributed by atoms with Crippen molar-refractivity contribution in [3.05, 3.63) is 22.4 Å². The molecule has 0 aliphatic carbocycles. The van der Waals surface area contributed by atoms with Crippen molar-refractivity contribution in [2.45, 2.75) is 31.8 Å². The number of ether oxygens (including phenoxy) is 2. The lowest BCUT2D eigenvalue weighted by molar-refractivity contribution is -0.151. The Bertz CT molecular complexity index is 294. The second-order valence-corrected chi connectivity index (χ2v) is 4.81. The topological polar surface area (TPSA) is 38.7 Å². The van der Waals surface area contributed by atoms with Gasteiger partial charge < -0.3 is 14.6 Å². The number of rotatable bonds is 2. The summed E-state index contributed by atoms with van der Waals surface area (Å²) in [6.45, 7) is 4.16. The zero-order valence-corrected chi connectivity index (χ0v) is 9.08. The van der Waals surface area contributed by atoms with Gasteiger partial charge in [-0.25, -0.2) is 0 Å². The van der Waals surface area contributed by atoms with Crippen LogP contribution in [0.25, 0.3) is 0 Å². The van der Waals surface area contributed by atoms with Crippen LogP contribution in [-0.2, 0) is 9.47 Å². The lowest BCUT2D eigenvalue weighted by Crippen LogP contribution is -2.25. The maximum absolute atomic E-state index is 9.95. The third-order valence-corrected chi connectivity index (χ3v) is 3.16. The van der Waals surface area contributed by atoms with E-state index >= 15 is 0 Å². The fraction of sp³-hybridized carbons (Fsp3) is 0.600. The van der Waals surface area contributed by atoms with Crippen molar-refractivity contribution in [2.24, 2.45) is 0 Å². The molecule has 1 fully saturated rings. The normalized spacial score (nSPS) is 27.8. The summed E-state index contributed by atoms with van der Waals surface area (Å²) in [6, 6.07) is 3.83. The van der Waals surface area contributed by atoms with E-state index in [1.165, 1.54) is 11.3 Å². The Balaban J connectivity index is 2.04. The Labute approximate surface area is 87.3 Å². The van der Waals surface area contributed by atoms with Crippen molar-refractivity contribution in [2.75, 3.05) is 6.61 Å². The van der Waals surface area contributed by atoms with Gasteiger partial charge in [-0.2, -0.15) is 0 Å². The first-order chi connectivity index (χ1) is 6.58. The summed E-state index contributed by atoms with van der Waals surface area (Å²) >= 11 is 1.53. The molecule has 14 heavy (non-hydrogen) atoms. The monoisotopic (exact) mass is 214 g/mol. The van der Waals surface area contributed by atoms with E-state index in [1.54, 1.807) is 0 Å². The largest absolute Gasteiger partial charge is 0.385 e. The molecular weight excluding hydrogens is 200 g/mol. The van der Waals surface area contributed by atoms with Crippen LogP contribution in [0.4, 0.5) is 0 Å². The van der Waals surface area contributed by atoms with E-state index in [0.717, 1.165) is 4.88 Å². The molecule has 1 N–H and O–H groups in total. The Morgan fingerprint density at radius 2 is 2.43 bits per heavy atom. The quantitative estimate of drug-likeness (QED) is 0.817. The molecule has 3 nitrogen and oxygen atoms in total. The molecule has 0 saturated carbocycles. The van der Waals surface area contributed by atoms with E-state index in [9.17, 15) is 5.11 Å². The highest BCUT2D eigenvalue weighted by atomic mass is 32.1. The maximum Gasteiger partial charge on any atom is 0.163 e. The highest BCUT2D eigenvalue weighted by molar-refractivity contribution is 7.10. The highest BCUT2D eigenvalue weighted by Gasteiger charge is 2.37.